The van der Waals surface area contributed by atoms with Gasteiger partial charge in [0.25, 0.3) is 0 Å². The minimum atomic E-state index is -0.722. The lowest BCUT2D eigenvalue weighted by Gasteiger charge is -2.23. The summed E-state index contributed by atoms with van der Waals surface area (Å²) in [6.07, 6.45) is 5.91. The smallest absolute Gasteiger partial charge is 0.234 e. The van der Waals surface area contributed by atoms with Gasteiger partial charge < -0.3 is 20.1 Å². The highest BCUT2D eigenvalue weighted by Gasteiger charge is 2.66. The molecule has 3 heterocycles. The van der Waals surface area contributed by atoms with Gasteiger partial charge in [-0.1, -0.05) is 23.8 Å². The van der Waals surface area contributed by atoms with Crippen molar-refractivity contribution in [2.45, 2.75) is 31.0 Å². The highest BCUT2D eigenvalue weighted by Crippen LogP contribution is 2.52. The normalized spacial score (nSPS) is 30.8. The van der Waals surface area contributed by atoms with Crippen molar-refractivity contribution < 1.29 is 19.4 Å². The number of unbranched alkanes of at least 4 members (excludes halogenated alkanes) is 2. The van der Waals surface area contributed by atoms with Crippen LogP contribution in [-0.4, -0.2) is 48.3 Å². The molecular formula is C20H23ClN2O4. The third kappa shape index (κ3) is 3.16. The van der Waals surface area contributed by atoms with Crippen molar-refractivity contribution in [1.82, 2.24) is 5.32 Å². The number of amides is 2. The highest BCUT2D eigenvalue weighted by atomic mass is 35.5. The molecule has 6 nitrogen and oxygen atoms in total. The SMILES string of the molecule is O=C(NCCCCCO)C1C2C(=O)N(c3ccc(Cl)cc3)C[C@@]23C=C[C@H]1O3. The lowest BCUT2D eigenvalue weighted by Crippen LogP contribution is -2.44. The Kier molecular flexibility index (Phi) is 4.97. The number of benzene rings is 1. The summed E-state index contributed by atoms with van der Waals surface area (Å²) >= 11 is 5.95. The molecule has 2 N–H and O–H groups in total. The zero-order chi connectivity index (χ0) is 19.0. The van der Waals surface area contributed by atoms with Crippen LogP contribution in [0.25, 0.3) is 0 Å². The van der Waals surface area contributed by atoms with Crippen molar-refractivity contribution in [2.75, 3.05) is 24.6 Å². The van der Waals surface area contributed by atoms with Crippen LogP contribution in [-0.2, 0) is 14.3 Å². The van der Waals surface area contributed by atoms with Crippen molar-refractivity contribution in [3.8, 4) is 0 Å². The summed E-state index contributed by atoms with van der Waals surface area (Å²) in [6, 6.07) is 7.12. The first kappa shape index (κ1) is 18.5. The first-order valence-corrected chi connectivity index (χ1v) is 9.76. The van der Waals surface area contributed by atoms with Gasteiger partial charge in [-0.2, -0.15) is 0 Å². The second-order valence-corrected chi connectivity index (χ2v) is 7.81. The maximum atomic E-state index is 13.2. The molecule has 0 radical (unpaired) electrons. The van der Waals surface area contributed by atoms with E-state index >= 15 is 0 Å². The standard InChI is InChI=1S/C20H23ClN2O4/c21-13-4-6-14(7-5-13)23-12-20-9-8-15(27-20)16(17(20)19(23)26)18(25)22-10-2-1-3-11-24/h4-9,15-17,24H,1-3,10-12H2,(H,22,25)/t15-,16?,17?,20+/m1/s1. The van der Waals surface area contributed by atoms with Crippen LogP contribution in [0, 0.1) is 11.8 Å². The molecule has 2 bridgehead atoms. The van der Waals surface area contributed by atoms with Crippen LogP contribution in [0.5, 0.6) is 0 Å². The number of carbonyl (C=O) groups is 2. The van der Waals surface area contributed by atoms with Gasteiger partial charge in [0.15, 0.2) is 0 Å². The lowest BCUT2D eigenvalue weighted by atomic mass is 9.77. The zero-order valence-electron chi connectivity index (χ0n) is 14.9. The molecule has 2 saturated heterocycles. The maximum Gasteiger partial charge on any atom is 0.234 e. The molecule has 144 valence electrons. The predicted molar refractivity (Wildman–Crippen MR) is 101 cm³/mol. The molecule has 4 rings (SSSR count). The number of aliphatic hydroxyl groups excluding tert-OH is 1. The van der Waals surface area contributed by atoms with Gasteiger partial charge in [-0.3, -0.25) is 9.59 Å². The van der Waals surface area contributed by atoms with Crippen LogP contribution in [0.4, 0.5) is 5.69 Å². The molecule has 3 aliphatic heterocycles. The molecule has 0 aliphatic carbocycles. The van der Waals surface area contributed by atoms with E-state index in [0.717, 1.165) is 24.9 Å². The van der Waals surface area contributed by atoms with Crippen molar-refractivity contribution in [3.63, 3.8) is 0 Å². The average molecular weight is 391 g/mol. The van der Waals surface area contributed by atoms with Gasteiger partial charge in [-0.05, 0) is 43.5 Å². The first-order chi connectivity index (χ1) is 13.1. The highest BCUT2D eigenvalue weighted by molar-refractivity contribution is 6.30. The molecule has 1 aromatic rings. The summed E-state index contributed by atoms with van der Waals surface area (Å²) in [7, 11) is 0. The third-order valence-electron chi connectivity index (χ3n) is 5.68. The maximum absolute atomic E-state index is 13.2. The minimum Gasteiger partial charge on any atom is -0.396 e. The summed E-state index contributed by atoms with van der Waals surface area (Å²) in [5.41, 5.74) is 0.0390. The lowest BCUT2D eigenvalue weighted by molar-refractivity contribution is -0.131. The van der Waals surface area contributed by atoms with Crippen molar-refractivity contribution in [3.05, 3.63) is 41.4 Å². The Morgan fingerprint density at radius 2 is 2.07 bits per heavy atom. The molecule has 0 saturated carbocycles. The summed E-state index contributed by atoms with van der Waals surface area (Å²) in [6.45, 7) is 1.11. The average Bonchev–Trinajstić information content (AvgIpc) is 3.30. The molecule has 0 aromatic heterocycles. The third-order valence-corrected chi connectivity index (χ3v) is 5.93. The fourth-order valence-electron chi connectivity index (χ4n) is 4.38. The summed E-state index contributed by atoms with van der Waals surface area (Å²) in [4.78, 5) is 27.6. The van der Waals surface area contributed by atoms with E-state index in [1.165, 1.54) is 0 Å². The van der Waals surface area contributed by atoms with E-state index in [4.69, 9.17) is 21.4 Å². The van der Waals surface area contributed by atoms with Gasteiger partial charge in [-0.15, -0.1) is 0 Å². The van der Waals surface area contributed by atoms with Gasteiger partial charge in [0.2, 0.25) is 11.8 Å². The number of carbonyl (C=O) groups excluding carboxylic acids is 2. The Labute approximate surface area is 163 Å². The topological polar surface area (TPSA) is 78.9 Å². The van der Waals surface area contributed by atoms with E-state index in [1.807, 2.05) is 24.3 Å². The molecule has 2 amide bonds. The Balaban J connectivity index is 1.48. The van der Waals surface area contributed by atoms with E-state index in [1.54, 1.807) is 17.0 Å². The Morgan fingerprint density at radius 3 is 2.81 bits per heavy atom. The molecule has 2 unspecified atom stereocenters. The number of nitrogens with zero attached hydrogens (tertiary/aromatic N) is 1. The number of rotatable bonds is 7. The quantitative estimate of drug-likeness (QED) is 0.550. The van der Waals surface area contributed by atoms with Crippen LogP contribution >= 0.6 is 11.6 Å². The number of fused-ring (bicyclic) bond motifs is 1. The van der Waals surface area contributed by atoms with Gasteiger partial charge in [0.1, 0.15) is 5.60 Å². The van der Waals surface area contributed by atoms with Gasteiger partial charge in [-0.25, -0.2) is 0 Å². The molecule has 3 aliphatic rings. The molecule has 2 fully saturated rings. The van der Waals surface area contributed by atoms with E-state index in [-0.39, 0.29) is 24.5 Å². The number of halogens is 1. The number of hydrogen-bond acceptors (Lipinski definition) is 4. The van der Waals surface area contributed by atoms with Gasteiger partial charge >= 0.3 is 0 Å². The van der Waals surface area contributed by atoms with Crippen LogP contribution in [0.3, 0.4) is 0 Å². The van der Waals surface area contributed by atoms with Crippen LogP contribution in [0.1, 0.15) is 19.3 Å². The first-order valence-electron chi connectivity index (χ1n) is 9.38. The predicted octanol–water partition coefficient (Wildman–Crippen LogP) is 1.91. The van der Waals surface area contributed by atoms with Crippen LogP contribution in [0.15, 0.2) is 36.4 Å². The van der Waals surface area contributed by atoms with Crippen LogP contribution in [0.2, 0.25) is 5.02 Å². The number of nitrogens with one attached hydrogen (secondary N) is 1. The number of anilines is 1. The van der Waals surface area contributed by atoms with E-state index in [0.29, 0.717) is 18.1 Å². The fraction of sp³-hybridized carbons (Fsp3) is 0.500. The van der Waals surface area contributed by atoms with Crippen molar-refractivity contribution in [1.29, 1.82) is 0 Å². The van der Waals surface area contributed by atoms with Gasteiger partial charge in [0.05, 0.1) is 24.5 Å². The largest absolute Gasteiger partial charge is 0.396 e. The number of hydrogen-bond donors (Lipinski definition) is 2. The van der Waals surface area contributed by atoms with E-state index in [2.05, 4.69) is 5.32 Å². The molecule has 4 atom stereocenters. The monoisotopic (exact) mass is 390 g/mol. The molecule has 27 heavy (non-hydrogen) atoms. The Hall–Kier alpha value is -1.89. The summed E-state index contributed by atoms with van der Waals surface area (Å²) < 4.78 is 6.11. The molecule has 1 spiro atoms. The molecule has 7 heteroatoms. The molecule has 1 aromatic carbocycles. The van der Waals surface area contributed by atoms with E-state index < -0.39 is 17.4 Å². The van der Waals surface area contributed by atoms with Crippen molar-refractivity contribution in [2.24, 2.45) is 11.8 Å². The van der Waals surface area contributed by atoms with E-state index in [9.17, 15) is 9.59 Å². The number of aliphatic hydroxyl groups is 1. The zero-order valence-corrected chi connectivity index (χ0v) is 15.7. The Morgan fingerprint density at radius 1 is 1.30 bits per heavy atom. The van der Waals surface area contributed by atoms with Crippen molar-refractivity contribution >= 4 is 29.1 Å². The van der Waals surface area contributed by atoms with Gasteiger partial charge in [0, 0.05) is 23.9 Å². The summed E-state index contributed by atoms with van der Waals surface area (Å²) in [5, 5.41) is 12.4. The molecular weight excluding hydrogens is 368 g/mol. The fourth-order valence-corrected chi connectivity index (χ4v) is 4.51. The summed E-state index contributed by atoms with van der Waals surface area (Å²) in [5.74, 6) is -1.21. The van der Waals surface area contributed by atoms with Crippen LogP contribution < -0.4 is 10.2 Å². The minimum absolute atomic E-state index is 0.0791. The second kappa shape index (κ2) is 7.26. The second-order valence-electron chi connectivity index (χ2n) is 7.38. The Bertz CT molecular complexity index is 766. The number of ether oxygens (including phenoxy) is 1.